The monoisotopic (exact) mass is 399 g/mol. The van der Waals surface area contributed by atoms with Crippen molar-refractivity contribution in [3.05, 3.63) is 75.4 Å². The van der Waals surface area contributed by atoms with E-state index in [0.29, 0.717) is 36.0 Å². The van der Waals surface area contributed by atoms with E-state index in [9.17, 15) is 4.79 Å². The van der Waals surface area contributed by atoms with E-state index in [1.807, 2.05) is 53.4 Å². The first-order chi connectivity index (χ1) is 13.1. The van der Waals surface area contributed by atoms with Crippen LogP contribution in [0.4, 0.5) is 0 Å². The van der Waals surface area contributed by atoms with Gasteiger partial charge in [0.2, 0.25) is 5.91 Å². The van der Waals surface area contributed by atoms with Gasteiger partial charge in [-0.05, 0) is 36.2 Å². The molecule has 27 heavy (non-hydrogen) atoms. The third-order valence-electron chi connectivity index (χ3n) is 4.93. The van der Waals surface area contributed by atoms with Gasteiger partial charge in [0.15, 0.2) is 0 Å². The zero-order chi connectivity index (χ0) is 18.8. The van der Waals surface area contributed by atoms with Gasteiger partial charge in [-0.2, -0.15) is 5.10 Å². The molecular weight excluding hydrogens is 381 g/mol. The average molecular weight is 400 g/mol. The van der Waals surface area contributed by atoms with Gasteiger partial charge in [-0.1, -0.05) is 47.5 Å². The van der Waals surface area contributed by atoms with E-state index in [-0.39, 0.29) is 5.91 Å². The summed E-state index contributed by atoms with van der Waals surface area (Å²) in [5, 5.41) is 8.98. The van der Waals surface area contributed by atoms with Crippen molar-refractivity contribution in [2.45, 2.75) is 25.8 Å². The summed E-state index contributed by atoms with van der Waals surface area (Å²) in [4.78, 5) is 14.6. The van der Waals surface area contributed by atoms with Crippen LogP contribution in [0.2, 0.25) is 10.0 Å². The van der Waals surface area contributed by atoms with Crippen molar-refractivity contribution in [3.63, 3.8) is 0 Å². The Labute approximate surface area is 168 Å². The van der Waals surface area contributed by atoms with Gasteiger partial charge in [-0.15, -0.1) is 0 Å². The second kappa shape index (κ2) is 7.75. The molecule has 0 aliphatic carbocycles. The van der Waals surface area contributed by atoms with Crippen LogP contribution in [0.3, 0.4) is 0 Å². The van der Waals surface area contributed by atoms with Crippen LogP contribution in [0.5, 0.6) is 0 Å². The standard InChI is InChI=1S/C21H19Cl2N3O/c22-16-7-4-14(5-8-16)6-9-20(27)26-11-10-19-18(13-26)21(25-24-19)15-2-1-3-17(23)12-15/h1-5,7-8,12H,6,9-11,13H2,(H,24,25). The SMILES string of the molecule is O=C(CCc1ccc(Cl)cc1)N1CCc2[nH]nc(-c3cccc(Cl)c3)c2C1. The number of carbonyl (C=O) groups excluding carboxylic acids is 1. The van der Waals surface area contributed by atoms with E-state index in [4.69, 9.17) is 23.2 Å². The maximum absolute atomic E-state index is 12.7. The third kappa shape index (κ3) is 4.02. The second-order valence-corrected chi connectivity index (χ2v) is 7.60. The number of H-pyrrole nitrogens is 1. The molecule has 0 atom stereocenters. The maximum atomic E-state index is 12.7. The zero-order valence-electron chi connectivity index (χ0n) is 14.7. The van der Waals surface area contributed by atoms with E-state index < -0.39 is 0 Å². The van der Waals surface area contributed by atoms with Crippen LogP contribution >= 0.6 is 23.2 Å². The Morgan fingerprint density at radius 1 is 1.11 bits per heavy atom. The molecule has 0 saturated carbocycles. The van der Waals surface area contributed by atoms with Crippen molar-refractivity contribution >= 4 is 29.1 Å². The fourth-order valence-corrected chi connectivity index (χ4v) is 3.76. The van der Waals surface area contributed by atoms with Gasteiger partial charge in [-0.3, -0.25) is 9.89 Å². The first kappa shape index (κ1) is 18.1. The summed E-state index contributed by atoms with van der Waals surface area (Å²) < 4.78 is 0. The van der Waals surface area contributed by atoms with Crippen molar-refractivity contribution in [2.75, 3.05) is 6.54 Å². The molecule has 1 amide bonds. The fourth-order valence-electron chi connectivity index (χ4n) is 3.44. The normalized spacial score (nSPS) is 13.5. The summed E-state index contributed by atoms with van der Waals surface area (Å²) in [6.45, 7) is 1.29. The largest absolute Gasteiger partial charge is 0.338 e. The van der Waals surface area contributed by atoms with Gasteiger partial charge >= 0.3 is 0 Å². The smallest absolute Gasteiger partial charge is 0.223 e. The number of halogens is 2. The van der Waals surface area contributed by atoms with Gasteiger partial charge in [0.05, 0.1) is 5.69 Å². The Kier molecular flexibility index (Phi) is 5.19. The molecule has 1 aromatic heterocycles. The second-order valence-electron chi connectivity index (χ2n) is 6.73. The van der Waals surface area contributed by atoms with Crippen LogP contribution in [0.1, 0.15) is 23.2 Å². The topological polar surface area (TPSA) is 49.0 Å². The zero-order valence-corrected chi connectivity index (χ0v) is 16.2. The third-order valence-corrected chi connectivity index (χ3v) is 5.41. The molecule has 0 bridgehead atoms. The first-order valence-electron chi connectivity index (χ1n) is 8.94. The Morgan fingerprint density at radius 3 is 2.70 bits per heavy atom. The minimum absolute atomic E-state index is 0.161. The summed E-state index contributed by atoms with van der Waals surface area (Å²) in [6, 6.07) is 15.3. The van der Waals surface area contributed by atoms with Crippen LogP contribution in [0.25, 0.3) is 11.3 Å². The molecule has 1 aliphatic heterocycles. The lowest BCUT2D eigenvalue weighted by Crippen LogP contribution is -2.36. The highest BCUT2D eigenvalue weighted by molar-refractivity contribution is 6.31. The molecule has 3 aromatic rings. The molecule has 0 fully saturated rings. The summed E-state index contributed by atoms with van der Waals surface area (Å²) >= 11 is 12.0. The molecule has 6 heteroatoms. The first-order valence-corrected chi connectivity index (χ1v) is 9.70. The highest BCUT2D eigenvalue weighted by atomic mass is 35.5. The molecule has 4 nitrogen and oxygen atoms in total. The Balaban J connectivity index is 1.46. The van der Waals surface area contributed by atoms with E-state index in [1.165, 1.54) is 0 Å². The van der Waals surface area contributed by atoms with Gasteiger partial charge in [0.1, 0.15) is 0 Å². The number of hydrogen-bond acceptors (Lipinski definition) is 2. The summed E-state index contributed by atoms with van der Waals surface area (Å²) in [6.07, 6.45) is 1.99. The molecule has 0 saturated heterocycles. The number of aromatic amines is 1. The van der Waals surface area contributed by atoms with E-state index in [2.05, 4.69) is 10.2 Å². The van der Waals surface area contributed by atoms with Crippen molar-refractivity contribution in [1.82, 2.24) is 15.1 Å². The van der Waals surface area contributed by atoms with E-state index in [1.54, 1.807) is 0 Å². The van der Waals surface area contributed by atoms with Crippen LogP contribution in [0.15, 0.2) is 48.5 Å². The number of carbonyl (C=O) groups is 1. The maximum Gasteiger partial charge on any atom is 0.223 e. The van der Waals surface area contributed by atoms with E-state index >= 15 is 0 Å². The predicted molar refractivity (Wildman–Crippen MR) is 108 cm³/mol. The molecule has 2 heterocycles. The molecule has 1 N–H and O–H groups in total. The molecular formula is C21H19Cl2N3O. The van der Waals surface area contributed by atoms with Crippen molar-refractivity contribution in [1.29, 1.82) is 0 Å². The number of hydrogen-bond donors (Lipinski definition) is 1. The molecule has 0 spiro atoms. The molecule has 138 valence electrons. The number of benzene rings is 2. The average Bonchev–Trinajstić information content (AvgIpc) is 3.10. The lowest BCUT2D eigenvalue weighted by Gasteiger charge is -2.27. The number of fused-ring (bicyclic) bond motifs is 1. The molecule has 0 unspecified atom stereocenters. The Morgan fingerprint density at radius 2 is 1.93 bits per heavy atom. The predicted octanol–water partition coefficient (Wildman–Crippen LogP) is 4.90. The molecule has 1 aliphatic rings. The van der Waals surface area contributed by atoms with Crippen LogP contribution in [-0.2, 0) is 24.2 Å². The van der Waals surface area contributed by atoms with Crippen molar-refractivity contribution in [2.24, 2.45) is 0 Å². The number of amides is 1. The van der Waals surface area contributed by atoms with Crippen LogP contribution in [0, 0.1) is 0 Å². The highest BCUT2D eigenvalue weighted by Gasteiger charge is 2.25. The summed E-state index contributed by atoms with van der Waals surface area (Å²) in [5.74, 6) is 0.161. The molecule has 4 rings (SSSR count). The Bertz CT molecular complexity index is 966. The number of aromatic nitrogens is 2. The minimum Gasteiger partial charge on any atom is -0.338 e. The van der Waals surface area contributed by atoms with Gasteiger partial charge in [0.25, 0.3) is 0 Å². The van der Waals surface area contributed by atoms with Crippen molar-refractivity contribution < 1.29 is 4.79 Å². The number of aryl methyl sites for hydroxylation is 1. The quantitative estimate of drug-likeness (QED) is 0.677. The van der Waals surface area contributed by atoms with Gasteiger partial charge in [-0.25, -0.2) is 0 Å². The molecule has 2 aromatic carbocycles. The lowest BCUT2D eigenvalue weighted by molar-refractivity contribution is -0.132. The number of rotatable bonds is 4. The number of nitrogens with one attached hydrogen (secondary N) is 1. The van der Waals surface area contributed by atoms with Crippen LogP contribution < -0.4 is 0 Å². The summed E-state index contributed by atoms with van der Waals surface area (Å²) in [7, 11) is 0. The minimum atomic E-state index is 0.161. The lowest BCUT2D eigenvalue weighted by atomic mass is 10.0. The summed E-state index contributed by atoms with van der Waals surface area (Å²) in [5.41, 5.74) is 5.15. The highest BCUT2D eigenvalue weighted by Crippen LogP contribution is 2.30. The molecule has 0 radical (unpaired) electrons. The van der Waals surface area contributed by atoms with Gasteiger partial charge < -0.3 is 4.90 Å². The number of nitrogens with zero attached hydrogens (tertiary/aromatic N) is 2. The van der Waals surface area contributed by atoms with E-state index in [0.717, 1.165) is 34.5 Å². The Hall–Kier alpha value is -2.30. The van der Waals surface area contributed by atoms with Crippen molar-refractivity contribution in [3.8, 4) is 11.3 Å². The van der Waals surface area contributed by atoms with Gasteiger partial charge in [0, 0.05) is 52.8 Å². The van der Waals surface area contributed by atoms with Crippen LogP contribution in [-0.4, -0.2) is 27.5 Å². The fraction of sp³-hybridized carbons (Fsp3) is 0.238.